The molecular weight excluding hydrogens is 232 g/mol. The molecule has 0 amide bonds. The van der Waals surface area contributed by atoms with Crippen molar-refractivity contribution in [1.82, 2.24) is 0 Å². The van der Waals surface area contributed by atoms with Crippen LogP contribution in [0.3, 0.4) is 0 Å². The Balaban J connectivity index is 2.47. The van der Waals surface area contributed by atoms with Gasteiger partial charge >= 0.3 is 0 Å². The van der Waals surface area contributed by atoms with Crippen LogP contribution in [0, 0.1) is 5.41 Å². The zero-order valence-electron chi connectivity index (χ0n) is 10.0. The van der Waals surface area contributed by atoms with Crippen molar-refractivity contribution >= 4 is 28.2 Å². The van der Waals surface area contributed by atoms with E-state index in [1.165, 1.54) is 0 Å². The highest BCUT2D eigenvalue weighted by molar-refractivity contribution is 6.21. The molecule has 0 radical (unpaired) electrons. The van der Waals surface area contributed by atoms with E-state index in [0.29, 0.717) is 5.88 Å². The van der Waals surface area contributed by atoms with Gasteiger partial charge < -0.3 is 0 Å². The summed E-state index contributed by atoms with van der Waals surface area (Å²) in [6.07, 6.45) is 0. The molecule has 0 heterocycles. The molecule has 0 bridgehead atoms. The Morgan fingerprint density at radius 1 is 1.12 bits per heavy atom. The first kappa shape index (κ1) is 12.1. The second-order valence-corrected chi connectivity index (χ2v) is 5.18. The van der Waals surface area contributed by atoms with Crippen molar-refractivity contribution in [3.63, 3.8) is 0 Å². The Morgan fingerprint density at radius 3 is 2.41 bits per heavy atom. The van der Waals surface area contributed by atoms with Crippen LogP contribution < -0.4 is 0 Å². The van der Waals surface area contributed by atoms with Crippen LogP contribution in [0.5, 0.6) is 0 Å². The molecule has 2 heteroatoms. The SMILES string of the molecule is CC(C)(CCl)C(=O)c1ccc2ccccc2c1. The number of rotatable bonds is 3. The highest BCUT2D eigenvalue weighted by Crippen LogP contribution is 2.25. The Kier molecular flexibility index (Phi) is 3.21. The van der Waals surface area contributed by atoms with Crippen LogP contribution in [-0.2, 0) is 0 Å². The van der Waals surface area contributed by atoms with E-state index >= 15 is 0 Å². The summed E-state index contributed by atoms with van der Waals surface area (Å²) in [5, 5.41) is 2.23. The van der Waals surface area contributed by atoms with Gasteiger partial charge in [0.1, 0.15) is 0 Å². The number of hydrogen-bond donors (Lipinski definition) is 0. The van der Waals surface area contributed by atoms with E-state index in [1.807, 2.05) is 56.3 Å². The fourth-order valence-electron chi connectivity index (χ4n) is 1.78. The first-order valence-electron chi connectivity index (χ1n) is 5.64. The highest BCUT2D eigenvalue weighted by Gasteiger charge is 2.27. The first-order chi connectivity index (χ1) is 8.04. The maximum atomic E-state index is 12.3. The molecule has 0 aliphatic carbocycles. The number of carbonyl (C=O) groups is 1. The second-order valence-electron chi connectivity index (χ2n) is 4.91. The number of ketones is 1. The molecule has 0 unspecified atom stereocenters. The molecule has 17 heavy (non-hydrogen) atoms. The minimum Gasteiger partial charge on any atom is -0.294 e. The summed E-state index contributed by atoms with van der Waals surface area (Å²) >= 11 is 5.84. The van der Waals surface area contributed by atoms with E-state index in [9.17, 15) is 4.79 Å². The van der Waals surface area contributed by atoms with Gasteiger partial charge in [-0.25, -0.2) is 0 Å². The average Bonchev–Trinajstić information content (AvgIpc) is 2.37. The molecule has 0 aliphatic heterocycles. The molecule has 88 valence electrons. The number of carbonyl (C=O) groups excluding carboxylic acids is 1. The molecule has 2 aromatic rings. The number of hydrogen-bond acceptors (Lipinski definition) is 1. The summed E-state index contributed by atoms with van der Waals surface area (Å²) in [4.78, 5) is 12.3. The topological polar surface area (TPSA) is 17.1 Å². The van der Waals surface area contributed by atoms with Crippen molar-refractivity contribution in [2.24, 2.45) is 5.41 Å². The lowest BCUT2D eigenvalue weighted by molar-refractivity contribution is 0.0862. The number of fused-ring (bicyclic) bond motifs is 1. The molecule has 0 N–H and O–H groups in total. The van der Waals surface area contributed by atoms with Crippen LogP contribution in [0.1, 0.15) is 24.2 Å². The fourth-order valence-corrected chi connectivity index (χ4v) is 1.90. The van der Waals surface area contributed by atoms with Crippen molar-refractivity contribution in [3.05, 3.63) is 48.0 Å². The fraction of sp³-hybridized carbons (Fsp3) is 0.267. The van der Waals surface area contributed by atoms with Crippen LogP contribution in [0.4, 0.5) is 0 Å². The number of benzene rings is 2. The van der Waals surface area contributed by atoms with Crippen LogP contribution in [-0.4, -0.2) is 11.7 Å². The van der Waals surface area contributed by atoms with Crippen LogP contribution in [0.15, 0.2) is 42.5 Å². The van der Waals surface area contributed by atoms with Gasteiger partial charge in [0.05, 0.1) is 0 Å². The molecule has 2 aromatic carbocycles. The predicted octanol–water partition coefficient (Wildman–Crippen LogP) is 4.29. The van der Waals surface area contributed by atoms with Gasteiger partial charge in [-0.2, -0.15) is 0 Å². The first-order valence-corrected chi connectivity index (χ1v) is 6.17. The minimum absolute atomic E-state index is 0.0956. The molecule has 1 nitrogen and oxygen atoms in total. The maximum absolute atomic E-state index is 12.3. The standard InChI is InChI=1S/C15H15ClO/c1-15(2,10-16)14(17)13-8-7-11-5-3-4-6-12(11)9-13/h3-9H,10H2,1-2H3. The number of Topliss-reactive ketones (excluding diaryl/α,β-unsaturated/α-hetero) is 1. The quantitative estimate of drug-likeness (QED) is 0.583. The van der Waals surface area contributed by atoms with Gasteiger partial charge in [-0.05, 0) is 16.8 Å². The van der Waals surface area contributed by atoms with Gasteiger partial charge in [0.2, 0.25) is 0 Å². The van der Waals surface area contributed by atoms with Crippen molar-refractivity contribution in [2.75, 3.05) is 5.88 Å². The molecule has 0 saturated carbocycles. The minimum atomic E-state index is -0.510. The Labute approximate surface area is 106 Å². The Morgan fingerprint density at radius 2 is 1.76 bits per heavy atom. The molecular formula is C15H15ClO. The molecule has 0 atom stereocenters. The van der Waals surface area contributed by atoms with E-state index in [0.717, 1.165) is 16.3 Å². The Bertz CT molecular complexity index is 558. The summed E-state index contributed by atoms with van der Waals surface area (Å²) < 4.78 is 0. The van der Waals surface area contributed by atoms with Gasteiger partial charge in [-0.1, -0.05) is 50.2 Å². The predicted molar refractivity (Wildman–Crippen MR) is 72.8 cm³/mol. The molecule has 0 fully saturated rings. The monoisotopic (exact) mass is 246 g/mol. The van der Waals surface area contributed by atoms with Crippen LogP contribution in [0.25, 0.3) is 10.8 Å². The number of halogens is 1. The van der Waals surface area contributed by atoms with Crippen molar-refractivity contribution in [1.29, 1.82) is 0 Å². The molecule has 0 saturated heterocycles. The normalized spacial score (nSPS) is 11.7. The lowest BCUT2D eigenvalue weighted by Crippen LogP contribution is -2.26. The van der Waals surface area contributed by atoms with Gasteiger partial charge in [-0.15, -0.1) is 11.6 Å². The van der Waals surface area contributed by atoms with Gasteiger partial charge in [-0.3, -0.25) is 4.79 Å². The van der Waals surface area contributed by atoms with E-state index in [2.05, 4.69) is 0 Å². The summed E-state index contributed by atoms with van der Waals surface area (Å²) in [5.74, 6) is 0.428. The lowest BCUT2D eigenvalue weighted by Gasteiger charge is -2.19. The summed E-state index contributed by atoms with van der Waals surface area (Å²) in [6, 6.07) is 13.8. The maximum Gasteiger partial charge on any atom is 0.169 e. The second kappa shape index (κ2) is 4.50. The number of alkyl halides is 1. The van der Waals surface area contributed by atoms with E-state index in [1.54, 1.807) is 0 Å². The molecule has 2 rings (SSSR count). The van der Waals surface area contributed by atoms with Gasteiger partial charge in [0.25, 0.3) is 0 Å². The van der Waals surface area contributed by atoms with Gasteiger partial charge in [0.15, 0.2) is 5.78 Å². The summed E-state index contributed by atoms with van der Waals surface area (Å²) in [5.41, 5.74) is 0.221. The summed E-state index contributed by atoms with van der Waals surface area (Å²) in [6.45, 7) is 3.75. The summed E-state index contributed by atoms with van der Waals surface area (Å²) in [7, 11) is 0. The van der Waals surface area contributed by atoms with Crippen molar-refractivity contribution < 1.29 is 4.79 Å². The van der Waals surface area contributed by atoms with E-state index in [-0.39, 0.29) is 5.78 Å². The molecule has 0 aromatic heterocycles. The molecule has 0 aliphatic rings. The van der Waals surface area contributed by atoms with Crippen molar-refractivity contribution in [2.45, 2.75) is 13.8 Å². The van der Waals surface area contributed by atoms with Crippen LogP contribution in [0.2, 0.25) is 0 Å². The third-order valence-corrected chi connectivity index (χ3v) is 3.63. The third kappa shape index (κ3) is 2.34. The Hall–Kier alpha value is -1.34. The zero-order valence-corrected chi connectivity index (χ0v) is 10.8. The molecule has 0 spiro atoms. The highest BCUT2D eigenvalue weighted by atomic mass is 35.5. The lowest BCUT2D eigenvalue weighted by atomic mass is 9.85. The van der Waals surface area contributed by atoms with E-state index in [4.69, 9.17) is 11.6 Å². The zero-order chi connectivity index (χ0) is 12.5. The van der Waals surface area contributed by atoms with E-state index < -0.39 is 5.41 Å². The largest absolute Gasteiger partial charge is 0.294 e. The van der Waals surface area contributed by atoms with Gasteiger partial charge in [0, 0.05) is 16.9 Å². The third-order valence-electron chi connectivity index (χ3n) is 2.96. The smallest absolute Gasteiger partial charge is 0.169 e. The average molecular weight is 247 g/mol. The van der Waals surface area contributed by atoms with Crippen molar-refractivity contribution in [3.8, 4) is 0 Å². The van der Waals surface area contributed by atoms with Crippen LogP contribution >= 0.6 is 11.6 Å².